The smallest absolute Gasteiger partial charge is 0.296 e. The summed E-state index contributed by atoms with van der Waals surface area (Å²) in [4.78, 5) is 11.2. The summed E-state index contributed by atoms with van der Waals surface area (Å²) in [7, 11) is -3.59. The number of unbranched alkanes of at least 4 members (excludes halogenated alkanes) is 7. The molecule has 0 aromatic heterocycles. The molecule has 7 heteroatoms. The molecule has 6 nitrogen and oxygen atoms in total. The van der Waals surface area contributed by atoms with Crippen molar-refractivity contribution in [2.75, 3.05) is 13.2 Å². The molecule has 0 aliphatic carbocycles. The molecule has 1 heterocycles. The fraction of sp³-hybridized carbons (Fsp3) is 0.711. The number of epoxide rings is 1. The van der Waals surface area contributed by atoms with E-state index in [2.05, 4.69) is 71.9 Å². The lowest BCUT2D eigenvalue weighted by Crippen LogP contribution is -2.07. The van der Waals surface area contributed by atoms with Gasteiger partial charge in [0.1, 0.15) is 5.78 Å². The van der Waals surface area contributed by atoms with E-state index in [1.807, 2.05) is 19.9 Å². The number of allylic oxidation sites excluding steroid dienone is 6. The number of benzene rings is 1. The first-order valence-electron chi connectivity index (χ1n) is 20.7. The lowest BCUT2D eigenvalue weighted by molar-refractivity contribution is -0.118. The number of Topliss-reactive ketones (excluding diaryl/α,β-unsaturated/α-hetero) is 1. The topological polar surface area (TPSA) is 93.2 Å². The molecule has 1 aromatic rings. The Morgan fingerprint density at radius 3 is 1.87 bits per heavy atom. The number of carbonyl (C=O) groups is 1. The van der Waals surface area contributed by atoms with Crippen LogP contribution in [0.2, 0.25) is 0 Å². The summed E-state index contributed by atoms with van der Waals surface area (Å²) in [6.07, 6.45) is 34.9. The summed E-state index contributed by atoms with van der Waals surface area (Å²) in [5.41, 5.74) is 1.03. The van der Waals surface area contributed by atoms with Gasteiger partial charge in [-0.1, -0.05) is 135 Å². The minimum Gasteiger partial charge on any atom is -0.396 e. The molecule has 0 saturated carbocycles. The van der Waals surface area contributed by atoms with Gasteiger partial charge in [0.15, 0.2) is 0 Å². The predicted octanol–water partition coefficient (Wildman–Crippen LogP) is 12.8. The molecule has 0 spiro atoms. The number of ether oxygens (including phenoxy) is 1. The Labute approximate surface area is 322 Å². The fourth-order valence-electron chi connectivity index (χ4n) is 4.95. The Kier molecular flexibility index (Phi) is 37.3. The van der Waals surface area contributed by atoms with Crippen molar-refractivity contribution in [3.8, 4) is 0 Å². The quantitative estimate of drug-likeness (QED) is 0.0439. The second kappa shape index (κ2) is 37.3. The van der Waals surface area contributed by atoms with Gasteiger partial charge in [-0.15, -0.1) is 0 Å². The number of hydrogen-bond acceptors (Lipinski definition) is 6. The summed E-state index contributed by atoms with van der Waals surface area (Å²) in [6.45, 7) is 17.6. The largest absolute Gasteiger partial charge is 0.396 e. The number of aliphatic hydroxyl groups excluding tert-OH is 1. The van der Waals surface area contributed by atoms with Gasteiger partial charge >= 0.3 is 0 Å². The summed E-state index contributed by atoms with van der Waals surface area (Å²) in [5, 5.41) is 8.33. The van der Waals surface area contributed by atoms with Crippen LogP contribution in [0.1, 0.15) is 176 Å². The molecule has 2 rings (SSSR count). The molecule has 1 saturated heterocycles. The van der Waals surface area contributed by atoms with Gasteiger partial charge in [0.2, 0.25) is 0 Å². The van der Waals surface area contributed by atoms with Crippen LogP contribution >= 0.6 is 0 Å². The molecule has 302 valence electrons. The number of hydrogen-bond donors (Lipinski definition) is 1. The second-order valence-electron chi connectivity index (χ2n) is 13.9. The van der Waals surface area contributed by atoms with E-state index in [0.29, 0.717) is 37.4 Å². The van der Waals surface area contributed by atoms with Crippen LogP contribution in [0.5, 0.6) is 0 Å². The van der Waals surface area contributed by atoms with Crippen molar-refractivity contribution in [3.63, 3.8) is 0 Å². The highest BCUT2D eigenvalue weighted by Gasteiger charge is 2.35. The third kappa shape index (κ3) is 35.0. The number of aliphatic hydroxyl groups is 1. The van der Waals surface area contributed by atoms with Crippen molar-refractivity contribution in [3.05, 3.63) is 66.3 Å². The van der Waals surface area contributed by atoms with Gasteiger partial charge in [0.05, 0.1) is 23.7 Å². The van der Waals surface area contributed by atoms with Gasteiger partial charge in [0, 0.05) is 19.4 Å². The van der Waals surface area contributed by atoms with Gasteiger partial charge in [-0.05, 0) is 102 Å². The Morgan fingerprint density at radius 2 is 1.35 bits per heavy atom. The maximum Gasteiger partial charge on any atom is 0.296 e. The maximum absolute atomic E-state index is 11.8. The lowest BCUT2D eigenvalue weighted by Gasteiger charge is -2.05. The second-order valence-corrected chi connectivity index (χ2v) is 15.5. The van der Waals surface area contributed by atoms with E-state index < -0.39 is 10.1 Å². The highest BCUT2D eigenvalue weighted by Crippen LogP contribution is 2.29. The predicted molar refractivity (Wildman–Crippen MR) is 223 cm³/mol. The van der Waals surface area contributed by atoms with Gasteiger partial charge < -0.3 is 9.84 Å². The summed E-state index contributed by atoms with van der Waals surface area (Å²) in [5.74, 6) is 1.26. The average molecular weight is 749 g/mol. The Bertz CT molecular complexity index is 1120. The zero-order valence-electron chi connectivity index (χ0n) is 34.8. The zero-order valence-corrected chi connectivity index (χ0v) is 35.6. The van der Waals surface area contributed by atoms with E-state index in [0.717, 1.165) is 62.8 Å². The van der Waals surface area contributed by atoms with E-state index in [9.17, 15) is 13.2 Å². The van der Waals surface area contributed by atoms with E-state index in [1.165, 1.54) is 57.8 Å². The van der Waals surface area contributed by atoms with Crippen LogP contribution in [-0.2, 0) is 23.8 Å². The summed E-state index contributed by atoms with van der Waals surface area (Å²) < 4.78 is 34.0. The van der Waals surface area contributed by atoms with Crippen molar-refractivity contribution in [1.82, 2.24) is 0 Å². The van der Waals surface area contributed by atoms with Crippen molar-refractivity contribution >= 4 is 15.9 Å². The van der Waals surface area contributed by atoms with Crippen LogP contribution in [0.3, 0.4) is 0 Å². The zero-order chi connectivity index (χ0) is 39.3. The van der Waals surface area contributed by atoms with Crippen molar-refractivity contribution in [1.29, 1.82) is 0 Å². The molecule has 1 aliphatic heterocycles. The van der Waals surface area contributed by atoms with Crippen LogP contribution in [0, 0.1) is 12.8 Å². The van der Waals surface area contributed by atoms with Crippen LogP contribution in [0.25, 0.3) is 0 Å². The minimum absolute atomic E-state index is 0.220. The molecule has 0 amide bonds. The molecule has 1 N–H and O–H groups in total. The first kappa shape index (κ1) is 52.0. The fourth-order valence-corrected chi connectivity index (χ4v) is 5.90. The molecule has 1 aliphatic rings. The Balaban J connectivity index is 0. The van der Waals surface area contributed by atoms with Crippen LogP contribution < -0.4 is 0 Å². The van der Waals surface area contributed by atoms with E-state index in [1.54, 1.807) is 24.3 Å². The van der Waals surface area contributed by atoms with E-state index in [4.69, 9.17) is 14.0 Å². The Morgan fingerprint density at radius 1 is 0.769 bits per heavy atom. The number of rotatable bonds is 26. The van der Waals surface area contributed by atoms with Crippen molar-refractivity contribution < 1.29 is 27.2 Å². The van der Waals surface area contributed by atoms with Crippen molar-refractivity contribution in [2.45, 2.75) is 194 Å². The molecule has 1 fully saturated rings. The minimum atomic E-state index is -3.59. The standard InChI is InChI=1S/C14H20O3S.C13H24O.C11H22O.C7H14O/c1-3-4-5-6-7-12-17-18(15,16)14-10-8-13(2)9-11-14;1-3-5-6-7-8-9-10-11-12-13(14)4-2;1-4-10-11(12-10)8-6-5-7-9(2)3;1-2-3-4-5-6-7-8/h4-5,8-11H,3,6-7,12H2,1-2H3;8-9H,3-7,10-12H2,1-2H3;9-11H,4-8H2,1-3H3;3-4,8H,2,5-7H2,1H3/b5-4-;9-8-;;4-3-. The highest BCUT2D eigenvalue weighted by molar-refractivity contribution is 7.86. The first-order chi connectivity index (χ1) is 25.0. The van der Waals surface area contributed by atoms with Crippen molar-refractivity contribution in [2.24, 2.45) is 5.92 Å². The molecule has 2 unspecified atom stereocenters. The maximum atomic E-state index is 11.8. The van der Waals surface area contributed by atoms with Gasteiger partial charge in [-0.2, -0.15) is 8.42 Å². The summed E-state index contributed by atoms with van der Waals surface area (Å²) in [6, 6.07) is 6.67. The van der Waals surface area contributed by atoms with Gasteiger partial charge in [-0.25, -0.2) is 0 Å². The lowest BCUT2D eigenvalue weighted by atomic mass is 10.0. The average Bonchev–Trinajstić information content (AvgIpc) is 3.90. The highest BCUT2D eigenvalue weighted by atomic mass is 32.2. The van der Waals surface area contributed by atoms with E-state index >= 15 is 0 Å². The molecule has 2 atom stereocenters. The Hall–Kier alpha value is -2.06. The van der Waals surface area contributed by atoms with Gasteiger partial charge in [0.25, 0.3) is 10.1 Å². The molecule has 52 heavy (non-hydrogen) atoms. The summed E-state index contributed by atoms with van der Waals surface area (Å²) >= 11 is 0. The molecule has 0 radical (unpaired) electrons. The monoisotopic (exact) mass is 749 g/mol. The molecular weight excluding hydrogens is 669 g/mol. The van der Waals surface area contributed by atoms with Crippen LogP contribution in [0.4, 0.5) is 0 Å². The molecular formula is C45H80O6S. The van der Waals surface area contributed by atoms with E-state index in [-0.39, 0.29) is 11.5 Å². The van der Waals surface area contributed by atoms with Crippen LogP contribution in [0.15, 0.2) is 65.6 Å². The third-order valence-electron chi connectivity index (χ3n) is 8.37. The SMILES string of the molecule is CC/C=C\CCCO.CC/C=C\CCCOS(=O)(=O)c1ccc(C)cc1.CCC1OC1CCCCC(C)C.CCCCC/C=C\CCCC(=O)CC. The number of ketones is 1. The number of aryl methyl sites for hydroxylation is 1. The molecule has 1 aromatic carbocycles. The normalized spacial score (nSPS) is 15.3. The first-order valence-corrected chi connectivity index (χ1v) is 22.1. The van der Waals surface area contributed by atoms with Gasteiger partial charge in [-0.3, -0.25) is 8.98 Å². The molecule has 0 bridgehead atoms. The number of carbonyl (C=O) groups excluding carboxylic acids is 1. The third-order valence-corrected chi connectivity index (χ3v) is 9.70. The van der Waals surface area contributed by atoms with Crippen LogP contribution in [-0.4, -0.2) is 44.7 Å².